The number of amides is 1. The number of oxazole rings is 1. The number of carbonyl (C=O) groups excluding carboxylic acids is 1. The first-order valence-electron chi connectivity index (χ1n) is 8.91. The number of piperidine rings is 1. The summed E-state index contributed by atoms with van der Waals surface area (Å²) in [7, 11) is -3.29. The molecule has 0 aromatic carbocycles. The van der Waals surface area contributed by atoms with Crippen LogP contribution in [0.1, 0.15) is 36.7 Å². The van der Waals surface area contributed by atoms with Crippen molar-refractivity contribution >= 4 is 15.9 Å². The first kappa shape index (κ1) is 18.3. The fourth-order valence-corrected chi connectivity index (χ4v) is 4.70. The van der Waals surface area contributed by atoms with Crippen LogP contribution in [0.5, 0.6) is 0 Å². The molecule has 1 aromatic heterocycles. The zero-order valence-electron chi connectivity index (χ0n) is 14.6. The topological polar surface area (TPSA) is 87.0 Å². The highest BCUT2D eigenvalue weighted by Gasteiger charge is 2.40. The fraction of sp³-hybridized carbons (Fsp3) is 0.750. The van der Waals surface area contributed by atoms with Crippen molar-refractivity contribution in [3.8, 4) is 0 Å². The van der Waals surface area contributed by atoms with Crippen molar-refractivity contribution in [1.29, 1.82) is 0 Å². The summed E-state index contributed by atoms with van der Waals surface area (Å²) in [4.78, 5) is 19.9. The molecule has 9 heteroatoms. The number of hydrogen-bond acceptors (Lipinski definition) is 6. The maximum atomic E-state index is 12.5. The van der Waals surface area contributed by atoms with Gasteiger partial charge in [-0.25, -0.2) is 13.4 Å². The molecule has 1 amide bonds. The van der Waals surface area contributed by atoms with Gasteiger partial charge in [0.25, 0.3) is 5.91 Å². The second-order valence-electron chi connectivity index (χ2n) is 6.64. The molecule has 3 rings (SSSR count). The van der Waals surface area contributed by atoms with E-state index in [0.717, 1.165) is 19.6 Å². The minimum Gasteiger partial charge on any atom is -0.438 e. The smallest absolute Gasteiger partial charge is 0.291 e. The van der Waals surface area contributed by atoms with E-state index >= 15 is 0 Å². The van der Waals surface area contributed by atoms with Crippen LogP contribution in [0.25, 0.3) is 0 Å². The Labute approximate surface area is 148 Å². The largest absolute Gasteiger partial charge is 0.438 e. The lowest BCUT2D eigenvalue weighted by Crippen LogP contribution is -2.63. The predicted octanol–water partition coefficient (Wildman–Crippen LogP) is 0.637. The number of sulfonamides is 1. The quantitative estimate of drug-likeness (QED) is 0.700. The fourth-order valence-electron chi connectivity index (χ4n) is 3.42. The van der Waals surface area contributed by atoms with Crippen molar-refractivity contribution in [1.82, 2.24) is 19.1 Å². The van der Waals surface area contributed by atoms with E-state index in [1.54, 1.807) is 16.1 Å². The van der Waals surface area contributed by atoms with Gasteiger partial charge in [0.15, 0.2) is 6.39 Å². The van der Waals surface area contributed by atoms with Gasteiger partial charge >= 0.3 is 0 Å². The van der Waals surface area contributed by atoms with Crippen LogP contribution in [0.2, 0.25) is 0 Å². The molecule has 1 aromatic rings. The maximum Gasteiger partial charge on any atom is 0.291 e. The summed E-state index contributed by atoms with van der Waals surface area (Å²) in [5, 5.41) is 0. The molecule has 2 fully saturated rings. The van der Waals surface area contributed by atoms with E-state index in [0.29, 0.717) is 19.6 Å². The zero-order chi connectivity index (χ0) is 17.9. The minimum absolute atomic E-state index is 0.0829. The predicted molar refractivity (Wildman–Crippen MR) is 92.7 cm³/mol. The molecule has 0 bridgehead atoms. The average Bonchev–Trinajstić information content (AvgIpc) is 3.11. The van der Waals surface area contributed by atoms with E-state index in [1.807, 2.05) is 0 Å². The summed E-state index contributed by atoms with van der Waals surface area (Å²) in [6.07, 6.45) is 6.23. The van der Waals surface area contributed by atoms with Gasteiger partial charge in [-0.3, -0.25) is 4.79 Å². The number of nitrogens with zero attached hydrogens (tertiary/aromatic N) is 4. The second kappa shape index (κ2) is 7.84. The molecule has 8 nitrogen and oxygen atoms in total. The molecule has 140 valence electrons. The van der Waals surface area contributed by atoms with Crippen LogP contribution in [0, 0.1) is 0 Å². The Kier molecular flexibility index (Phi) is 5.75. The highest BCUT2D eigenvalue weighted by atomic mass is 32.2. The Bertz CT molecular complexity index is 664. The molecule has 0 spiro atoms. The Balaban J connectivity index is 1.58. The van der Waals surface area contributed by atoms with Gasteiger partial charge in [-0.1, -0.05) is 6.42 Å². The molecule has 0 atom stereocenters. The van der Waals surface area contributed by atoms with Crippen LogP contribution < -0.4 is 0 Å². The Morgan fingerprint density at radius 1 is 1.32 bits per heavy atom. The van der Waals surface area contributed by atoms with Crippen LogP contribution in [-0.4, -0.2) is 84.5 Å². The van der Waals surface area contributed by atoms with Crippen molar-refractivity contribution in [3.63, 3.8) is 0 Å². The third-order valence-electron chi connectivity index (χ3n) is 5.01. The van der Waals surface area contributed by atoms with Crippen molar-refractivity contribution in [2.75, 3.05) is 45.0 Å². The standard InChI is InChI=1S/C16H26N4O4S/c1-2-25(22,23)20(9-8-18-6-4-3-5-7-18)14-11-19(12-14)16(21)15-10-17-13-24-15/h10,13-14H,2-9,11-12H2,1H3. The molecule has 0 unspecified atom stereocenters. The monoisotopic (exact) mass is 370 g/mol. The summed E-state index contributed by atoms with van der Waals surface area (Å²) < 4.78 is 31.6. The summed E-state index contributed by atoms with van der Waals surface area (Å²) in [6.45, 7) is 5.80. The molecule has 3 heterocycles. The molecule has 0 N–H and O–H groups in total. The maximum absolute atomic E-state index is 12.5. The van der Waals surface area contributed by atoms with Crippen LogP contribution in [0.15, 0.2) is 17.0 Å². The van der Waals surface area contributed by atoms with Crippen molar-refractivity contribution in [3.05, 3.63) is 18.4 Å². The van der Waals surface area contributed by atoms with Gasteiger partial charge in [0, 0.05) is 26.2 Å². The third-order valence-corrected chi connectivity index (χ3v) is 6.93. The Hall–Kier alpha value is -1.45. The van der Waals surface area contributed by atoms with Gasteiger partial charge in [0.05, 0.1) is 18.0 Å². The van der Waals surface area contributed by atoms with Gasteiger partial charge < -0.3 is 14.2 Å². The number of aromatic nitrogens is 1. The SMILES string of the molecule is CCS(=O)(=O)N(CCN1CCCCC1)C1CN(C(=O)c2cnco2)C1. The van der Waals surface area contributed by atoms with Crippen LogP contribution in [0.4, 0.5) is 0 Å². The minimum atomic E-state index is -3.29. The van der Waals surface area contributed by atoms with Gasteiger partial charge in [-0.05, 0) is 32.9 Å². The van der Waals surface area contributed by atoms with E-state index in [4.69, 9.17) is 4.42 Å². The van der Waals surface area contributed by atoms with Crippen molar-refractivity contribution in [2.24, 2.45) is 0 Å². The Morgan fingerprint density at radius 2 is 2.04 bits per heavy atom. The lowest BCUT2D eigenvalue weighted by atomic mass is 10.1. The summed E-state index contributed by atoms with van der Waals surface area (Å²) in [5.74, 6) is 0.0369. The van der Waals surface area contributed by atoms with E-state index in [2.05, 4.69) is 9.88 Å². The first-order valence-corrected chi connectivity index (χ1v) is 10.5. The van der Waals surface area contributed by atoms with Gasteiger partial charge in [0.1, 0.15) is 0 Å². The van der Waals surface area contributed by atoms with Crippen LogP contribution >= 0.6 is 0 Å². The molecule has 0 aliphatic carbocycles. The van der Waals surface area contributed by atoms with E-state index in [-0.39, 0.29) is 23.5 Å². The third kappa shape index (κ3) is 4.21. The molecular formula is C16H26N4O4S. The zero-order valence-corrected chi connectivity index (χ0v) is 15.4. The normalized spacial score (nSPS) is 20.0. The van der Waals surface area contributed by atoms with E-state index in [9.17, 15) is 13.2 Å². The van der Waals surface area contributed by atoms with E-state index < -0.39 is 10.0 Å². The second-order valence-corrected chi connectivity index (χ2v) is 8.85. The van der Waals surface area contributed by atoms with Crippen molar-refractivity contribution < 1.29 is 17.6 Å². The number of hydrogen-bond donors (Lipinski definition) is 0. The highest BCUT2D eigenvalue weighted by Crippen LogP contribution is 2.21. The number of rotatable bonds is 7. The van der Waals surface area contributed by atoms with Crippen LogP contribution in [-0.2, 0) is 10.0 Å². The lowest BCUT2D eigenvalue weighted by Gasteiger charge is -2.44. The summed E-state index contributed by atoms with van der Waals surface area (Å²) in [5.41, 5.74) is 0. The highest BCUT2D eigenvalue weighted by molar-refractivity contribution is 7.89. The first-order chi connectivity index (χ1) is 12.0. The summed E-state index contributed by atoms with van der Waals surface area (Å²) >= 11 is 0. The van der Waals surface area contributed by atoms with Gasteiger partial charge in [-0.2, -0.15) is 4.31 Å². The lowest BCUT2D eigenvalue weighted by molar-refractivity contribution is 0.0407. The molecule has 25 heavy (non-hydrogen) atoms. The number of carbonyl (C=O) groups is 1. The summed E-state index contributed by atoms with van der Waals surface area (Å²) in [6, 6.07) is -0.151. The Morgan fingerprint density at radius 3 is 2.64 bits per heavy atom. The molecule has 2 aliphatic rings. The van der Waals surface area contributed by atoms with E-state index in [1.165, 1.54) is 31.9 Å². The number of likely N-dealkylation sites (tertiary alicyclic amines) is 2. The molecule has 0 radical (unpaired) electrons. The van der Waals surface area contributed by atoms with Gasteiger partial charge in [0.2, 0.25) is 15.8 Å². The molecule has 2 aliphatic heterocycles. The molecular weight excluding hydrogens is 344 g/mol. The van der Waals surface area contributed by atoms with Crippen molar-refractivity contribution in [2.45, 2.75) is 32.2 Å². The molecule has 2 saturated heterocycles. The van der Waals surface area contributed by atoms with Gasteiger partial charge in [-0.15, -0.1) is 0 Å². The molecule has 0 saturated carbocycles. The average molecular weight is 370 g/mol. The van der Waals surface area contributed by atoms with Crippen LogP contribution in [0.3, 0.4) is 0 Å².